The molecule has 1 aromatic carbocycles. The molecular formula is C12H14N4OS. The molecule has 3 N–H and O–H groups in total. The molecule has 5 nitrogen and oxygen atoms in total. The number of carbonyl (C=O) groups excluding carboxylic acids is 1. The fraction of sp³-hybridized carbons (Fsp3) is 0.250. The quantitative estimate of drug-likeness (QED) is 0.829. The molecule has 0 unspecified atom stereocenters. The van der Waals surface area contributed by atoms with Gasteiger partial charge >= 0.3 is 0 Å². The highest BCUT2D eigenvalue weighted by Gasteiger charge is 2.30. The van der Waals surface area contributed by atoms with E-state index in [9.17, 15) is 4.79 Å². The number of anilines is 2. The lowest BCUT2D eigenvalue weighted by atomic mass is 9.83. The Bertz CT molecular complexity index is 534. The summed E-state index contributed by atoms with van der Waals surface area (Å²) < 4.78 is 3.70. The lowest BCUT2D eigenvalue weighted by molar-refractivity contribution is -0.120. The highest BCUT2D eigenvalue weighted by atomic mass is 32.1. The van der Waals surface area contributed by atoms with Crippen LogP contribution in [-0.2, 0) is 10.2 Å². The van der Waals surface area contributed by atoms with E-state index in [1.54, 1.807) is 12.1 Å². The van der Waals surface area contributed by atoms with E-state index in [0.717, 1.165) is 17.1 Å². The molecule has 6 heteroatoms. The fourth-order valence-electron chi connectivity index (χ4n) is 1.52. The van der Waals surface area contributed by atoms with E-state index in [0.29, 0.717) is 10.7 Å². The van der Waals surface area contributed by atoms with Crippen LogP contribution in [0.2, 0.25) is 0 Å². The average molecular weight is 262 g/mol. The Hall–Kier alpha value is -1.95. The zero-order valence-electron chi connectivity index (χ0n) is 10.2. The average Bonchev–Trinajstić information content (AvgIpc) is 2.82. The molecule has 1 amide bonds. The van der Waals surface area contributed by atoms with Gasteiger partial charge in [-0.1, -0.05) is 16.6 Å². The van der Waals surface area contributed by atoms with Crippen molar-refractivity contribution >= 4 is 28.1 Å². The van der Waals surface area contributed by atoms with Gasteiger partial charge in [-0.2, -0.15) is 0 Å². The van der Waals surface area contributed by atoms with Crippen molar-refractivity contribution in [1.29, 1.82) is 0 Å². The van der Waals surface area contributed by atoms with E-state index in [-0.39, 0.29) is 5.91 Å². The minimum Gasteiger partial charge on any atom is -0.399 e. The number of amides is 1. The van der Waals surface area contributed by atoms with Gasteiger partial charge in [-0.3, -0.25) is 4.79 Å². The lowest BCUT2D eigenvalue weighted by Crippen LogP contribution is -2.34. The zero-order chi connectivity index (χ0) is 13.2. The third-order valence-corrected chi connectivity index (χ3v) is 3.38. The monoisotopic (exact) mass is 262 g/mol. The standard InChI is InChI=1S/C12H14N4OS/c1-12(2,8-3-5-9(13)6-4-8)11(17)15-10-7-14-16-18-10/h3-7H,13H2,1-2H3,(H,15,17). The summed E-state index contributed by atoms with van der Waals surface area (Å²) in [6, 6.07) is 7.30. The summed E-state index contributed by atoms with van der Waals surface area (Å²) in [4.78, 5) is 12.2. The van der Waals surface area contributed by atoms with Crippen LogP contribution in [0.1, 0.15) is 19.4 Å². The number of aromatic nitrogens is 2. The number of rotatable bonds is 3. The van der Waals surface area contributed by atoms with Gasteiger partial charge in [0.05, 0.1) is 11.6 Å². The maximum atomic E-state index is 12.2. The number of nitrogen functional groups attached to an aromatic ring is 1. The predicted octanol–water partition coefficient (Wildman–Crippen LogP) is 2.04. The molecular weight excluding hydrogens is 248 g/mol. The van der Waals surface area contributed by atoms with Crippen LogP contribution >= 0.6 is 11.5 Å². The highest BCUT2D eigenvalue weighted by Crippen LogP contribution is 2.26. The van der Waals surface area contributed by atoms with E-state index in [1.807, 2.05) is 26.0 Å². The van der Waals surface area contributed by atoms with Gasteiger partial charge < -0.3 is 11.1 Å². The van der Waals surface area contributed by atoms with Gasteiger partial charge in [0.1, 0.15) is 5.00 Å². The zero-order valence-corrected chi connectivity index (χ0v) is 11.0. The van der Waals surface area contributed by atoms with Crippen molar-refractivity contribution in [2.24, 2.45) is 0 Å². The van der Waals surface area contributed by atoms with Gasteiger partial charge in [-0.15, -0.1) is 5.10 Å². The number of benzene rings is 1. The van der Waals surface area contributed by atoms with Crippen molar-refractivity contribution in [2.45, 2.75) is 19.3 Å². The SMILES string of the molecule is CC(C)(C(=O)Nc1cnns1)c1ccc(N)cc1. The van der Waals surface area contributed by atoms with Crippen LogP contribution in [0.3, 0.4) is 0 Å². The second kappa shape index (κ2) is 4.73. The summed E-state index contributed by atoms with van der Waals surface area (Å²) in [6.07, 6.45) is 1.53. The van der Waals surface area contributed by atoms with Crippen LogP contribution in [0.25, 0.3) is 0 Å². The summed E-state index contributed by atoms with van der Waals surface area (Å²) >= 11 is 1.15. The van der Waals surface area contributed by atoms with Crippen LogP contribution in [-0.4, -0.2) is 15.5 Å². The van der Waals surface area contributed by atoms with Crippen molar-refractivity contribution < 1.29 is 4.79 Å². The third kappa shape index (κ3) is 2.48. The second-order valence-electron chi connectivity index (χ2n) is 4.48. The van der Waals surface area contributed by atoms with E-state index in [2.05, 4.69) is 14.9 Å². The number of nitrogens with one attached hydrogen (secondary N) is 1. The van der Waals surface area contributed by atoms with Gasteiger partial charge in [-0.05, 0) is 31.5 Å². The number of nitrogens with two attached hydrogens (primary N) is 1. The number of carbonyl (C=O) groups is 1. The Labute approximate surface area is 109 Å². The predicted molar refractivity (Wildman–Crippen MR) is 72.4 cm³/mol. The van der Waals surface area contributed by atoms with E-state index < -0.39 is 5.41 Å². The molecule has 94 valence electrons. The summed E-state index contributed by atoms with van der Waals surface area (Å²) in [7, 11) is 0. The van der Waals surface area contributed by atoms with Crippen molar-refractivity contribution in [1.82, 2.24) is 9.59 Å². The van der Waals surface area contributed by atoms with E-state index in [1.165, 1.54) is 6.20 Å². The fourth-order valence-corrected chi connectivity index (χ4v) is 1.94. The summed E-state index contributed by atoms with van der Waals surface area (Å²) in [5.74, 6) is -0.0988. The Balaban J connectivity index is 2.19. The van der Waals surface area contributed by atoms with Gasteiger partial charge in [0, 0.05) is 17.2 Å². The molecule has 18 heavy (non-hydrogen) atoms. The van der Waals surface area contributed by atoms with Crippen molar-refractivity contribution in [3.05, 3.63) is 36.0 Å². The minimum atomic E-state index is -0.641. The van der Waals surface area contributed by atoms with Crippen LogP contribution in [0.15, 0.2) is 30.5 Å². The molecule has 2 rings (SSSR count). The number of hydrogen-bond donors (Lipinski definition) is 2. The minimum absolute atomic E-state index is 0.0988. The van der Waals surface area contributed by atoms with Crippen LogP contribution in [0, 0.1) is 0 Å². The Morgan fingerprint density at radius 1 is 1.33 bits per heavy atom. The second-order valence-corrected chi connectivity index (χ2v) is 5.27. The van der Waals surface area contributed by atoms with E-state index in [4.69, 9.17) is 5.73 Å². The first kappa shape index (κ1) is 12.5. The molecule has 0 aliphatic rings. The first-order chi connectivity index (χ1) is 8.50. The Morgan fingerprint density at radius 3 is 2.56 bits per heavy atom. The third-order valence-electron chi connectivity index (χ3n) is 2.80. The smallest absolute Gasteiger partial charge is 0.235 e. The van der Waals surface area contributed by atoms with Gasteiger partial charge in [0.15, 0.2) is 0 Å². The molecule has 2 aromatic rings. The maximum Gasteiger partial charge on any atom is 0.235 e. The number of hydrogen-bond acceptors (Lipinski definition) is 5. The molecule has 0 saturated carbocycles. The Morgan fingerprint density at radius 2 is 2.00 bits per heavy atom. The summed E-state index contributed by atoms with van der Waals surface area (Å²) in [5, 5.41) is 7.12. The van der Waals surface area contributed by atoms with E-state index >= 15 is 0 Å². The molecule has 0 aliphatic carbocycles. The first-order valence-corrected chi connectivity index (χ1v) is 6.22. The van der Waals surface area contributed by atoms with Crippen molar-refractivity contribution in [3.63, 3.8) is 0 Å². The topological polar surface area (TPSA) is 80.9 Å². The van der Waals surface area contributed by atoms with Crippen molar-refractivity contribution in [2.75, 3.05) is 11.1 Å². The lowest BCUT2D eigenvalue weighted by Gasteiger charge is -2.23. The molecule has 0 radical (unpaired) electrons. The van der Waals surface area contributed by atoms with Crippen molar-refractivity contribution in [3.8, 4) is 0 Å². The molecule has 1 aromatic heterocycles. The maximum absolute atomic E-state index is 12.2. The summed E-state index contributed by atoms with van der Waals surface area (Å²) in [5.41, 5.74) is 6.59. The molecule has 0 spiro atoms. The normalized spacial score (nSPS) is 11.2. The van der Waals surface area contributed by atoms with Crippen LogP contribution in [0.5, 0.6) is 0 Å². The van der Waals surface area contributed by atoms with Gasteiger partial charge in [0.2, 0.25) is 5.91 Å². The van der Waals surface area contributed by atoms with Gasteiger partial charge in [0.25, 0.3) is 0 Å². The van der Waals surface area contributed by atoms with Crippen LogP contribution in [0.4, 0.5) is 10.7 Å². The molecule has 0 saturated heterocycles. The molecule has 0 atom stereocenters. The molecule has 1 heterocycles. The Kier molecular flexibility index (Phi) is 3.29. The largest absolute Gasteiger partial charge is 0.399 e. The molecule has 0 fully saturated rings. The molecule has 0 bridgehead atoms. The van der Waals surface area contributed by atoms with Crippen LogP contribution < -0.4 is 11.1 Å². The molecule has 0 aliphatic heterocycles. The summed E-state index contributed by atoms with van der Waals surface area (Å²) in [6.45, 7) is 3.73. The highest BCUT2D eigenvalue weighted by molar-refractivity contribution is 7.10. The van der Waals surface area contributed by atoms with Gasteiger partial charge in [-0.25, -0.2) is 0 Å². The first-order valence-electron chi connectivity index (χ1n) is 5.45. The number of nitrogens with zero attached hydrogens (tertiary/aromatic N) is 2.